The number of benzene rings is 1. The van der Waals surface area contributed by atoms with Crippen molar-refractivity contribution < 1.29 is 4.74 Å². The van der Waals surface area contributed by atoms with E-state index in [2.05, 4.69) is 38.2 Å². The van der Waals surface area contributed by atoms with Crippen LogP contribution in [0, 0.1) is 5.92 Å². The molecule has 1 atom stereocenters. The summed E-state index contributed by atoms with van der Waals surface area (Å²) in [5.41, 5.74) is 7.55. The van der Waals surface area contributed by atoms with Gasteiger partial charge in [0.15, 0.2) is 0 Å². The van der Waals surface area contributed by atoms with Crippen LogP contribution in [0.3, 0.4) is 0 Å². The van der Waals surface area contributed by atoms with Crippen molar-refractivity contribution in [1.29, 1.82) is 0 Å². The highest BCUT2D eigenvalue weighted by Crippen LogP contribution is 2.26. The molecular weight excluding hydrogens is 238 g/mol. The van der Waals surface area contributed by atoms with Crippen LogP contribution in [0.25, 0.3) is 0 Å². The number of hydrogen-bond acceptors (Lipinski definition) is 4. The van der Waals surface area contributed by atoms with Gasteiger partial charge in [0, 0.05) is 24.3 Å². The number of nitrogens with zero attached hydrogens (tertiary/aromatic N) is 1. The van der Waals surface area contributed by atoms with E-state index >= 15 is 0 Å². The van der Waals surface area contributed by atoms with Crippen molar-refractivity contribution >= 4 is 11.4 Å². The third-order valence-corrected chi connectivity index (χ3v) is 2.95. The first kappa shape index (κ1) is 15.6. The fraction of sp³-hybridized carbons (Fsp3) is 0.600. The molecule has 0 amide bonds. The number of methoxy groups -OCH3 is 1. The first-order chi connectivity index (χ1) is 8.92. The number of nitrogens with one attached hydrogen (secondary N) is 1. The molecule has 0 bridgehead atoms. The molecule has 3 N–H and O–H groups in total. The molecule has 0 aromatic heterocycles. The molecule has 1 aromatic carbocycles. The molecule has 19 heavy (non-hydrogen) atoms. The van der Waals surface area contributed by atoms with Gasteiger partial charge in [0.05, 0.1) is 12.8 Å². The highest BCUT2D eigenvalue weighted by molar-refractivity contribution is 5.61. The molecule has 0 aliphatic heterocycles. The van der Waals surface area contributed by atoms with Gasteiger partial charge < -0.3 is 20.7 Å². The molecule has 0 heterocycles. The second-order valence-electron chi connectivity index (χ2n) is 5.69. The minimum absolute atomic E-state index is 0.420. The predicted octanol–water partition coefficient (Wildman–Crippen LogP) is 2.67. The summed E-state index contributed by atoms with van der Waals surface area (Å²) in [6.45, 7) is 5.49. The van der Waals surface area contributed by atoms with E-state index in [1.54, 1.807) is 7.11 Å². The summed E-state index contributed by atoms with van der Waals surface area (Å²) in [5, 5.41) is 3.57. The van der Waals surface area contributed by atoms with Gasteiger partial charge in [-0.15, -0.1) is 0 Å². The normalized spacial score (nSPS) is 12.8. The summed E-state index contributed by atoms with van der Waals surface area (Å²) in [7, 11) is 5.83. The fourth-order valence-electron chi connectivity index (χ4n) is 2.23. The summed E-state index contributed by atoms with van der Waals surface area (Å²) >= 11 is 0. The van der Waals surface area contributed by atoms with Gasteiger partial charge in [0.1, 0.15) is 5.75 Å². The lowest BCUT2D eigenvalue weighted by atomic mass is 10.0. The number of hydrogen-bond donors (Lipinski definition) is 2. The van der Waals surface area contributed by atoms with Crippen molar-refractivity contribution in [3.8, 4) is 5.75 Å². The molecule has 108 valence electrons. The zero-order valence-electron chi connectivity index (χ0n) is 12.7. The zero-order valence-corrected chi connectivity index (χ0v) is 12.7. The van der Waals surface area contributed by atoms with Crippen LogP contribution in [0.5, 0.6) is 5.75 Å². The lowest BCUT2D eigenvalue weighted by Crippen LogP contribution is -2.33. The SMILES string of the molecule is COc1cc(NC(CC(C)C)CN(C)C)ccc1N. The van der Waals surface area contributed by atoms with E-state index in [1.807, 2.05) is 18.2 Å². The van der Waals surface area contributed by atoms with Gasteiger partial charge in [-0.1, -0.05) is 13.8 Å². The topological polar surface area (TPSA) is 50.5 Å². The Hall–Kier alpha value is -1.42. The van der Waals surface area contributed by atoms with Crippen LogP contribution in [0.15, 0.2) is 18.2 Å². The van der Waals surface area contributed by atoms with Gasteiger partial charge in [-0.2, -0.15) is 0 Å². The van der Waals surface area contributed by atoms with Crippen LogP contribution >= 0.6 is 0 Å². The standard InChI is InChI=1S/C15H27N3O/c1-11(2)8-13(10-18(3)4)17-12-6-7-14(16)15(9-12)19-5/h6-7,9,11,13,17H,8,10,16H2,1-5H3. The first-order valence-electron chi connectivity index (χ1n) is 6.77. The maximum Gasteiger partial charge on any atom is 0.143 e. The summed E-state index contributed by atoms with van der Waals surface area (Å²) in [5.74, 6) is 1.38. The second-order valence-corrected chi connectivity index (χ2v) is 5.69. The Labute approximate surface area is 116 Å². The van der Waals surface area contributed by atoms with Gasteiger partial charge in [-0.25, -0.2) is 0 Å². The summed E-state index contributed by atoms with van der Waals surface area (Å²) in [6, 6.07) is 6.26. The largest absolute Gasteiger partial charge is 0.495 e. The van der Waals surface area contributed by atoms with E-state index in [0.29, 0.717) is 17.6 Å². The Morgan fingerprint density at radius 1 is 1.32 bits per heavy atom. The van der Waals surface area contributed by atoms with E-state index in [-0.39, 0.29) is 0 Å². The van der Waals surface area contributed by atoms with E-state index < -0.39 is 0 Å². The number of likely N-dealkylation sites (N-methyl/N-ethyl adjacent to an activating group) is 1. The van der Waals surface area contributed by atoms with Crippen molar-refractivity contribution in [3.05, 3.63) is 18.2 Å². The van der Waals surface area contributed by atoms with Crippen LogP contribution in [0.1, 0.15) is 20.3 Å². The molecule has 0 radical (unpaired) electrons. The average Bonchev–Trinajstić information content (AvgIpc) is 2.29. The molecule has 1 unspecified atom stereocenters. The zero-order chi connectivity index (χ0) is 14.4. The quantitative estimate of drug-likeness (QED) is 0.744. The van der Waals surface area contributed by atoms with Crippen molar-refractivity contribution in [1.82, 2.24) is 4.90 Å². The molecule has 1 rings (SSSR count). The number of anilines is 2. The summed E-state index contributed by atoms with van der Waals surface area (Å²) in [4.78, 5) is 2.20. The minimum Gasteiger partial charge on any atom is -0.495 e. The van der Waals surface area contributed by atoms with Crippen LogP contribution in [-0.2, 0) is 0 Å². The Kier molecular flexibility index (Phi) is 5.96. The Bertz CT molecular complexity index is 381. The van der Waals surface area contributed by atoms with Gasteiger partial charge >= 0.3 is 0 Å². The molecule has 1 aromatic rings. The monoisotopic (exact) mass is 265 g/mol. The molecule has 0 spiro atoms. The minimum atomic E-state index is 0.420. The van der Waals surface area contributed by atoms with Gasteiger partial charge in [-0.3, -0.25) is 0 Å². The fourth-order valence-corrected chi connectivity index (χ4v) is 2.23. The van der Waals surface area contributed by atoms with Crippen molar-refractivity contribution in [2.75, 3.05) is 38.8 Å². The molecular formula is C15H27N3O. The van der Waals surface area contributed by atoms with E-state index in [4.69, 9.17) is 10.5 Å². The molecule has 0 fully saturated rings. The smallest absolute Gasteiger partial charge is 0.143 e. The van der Waals surface area contributed by atoms with Crippen LogP contribution in [0.2, 0.25) is 0 Å². The number of nitrogen functional groups attached to an aromatic ring is 1. The van der Waals surface area contributed by atoms with E-state index in [1.165, 1.54) is 0 Å². The van der Waals surface area contributed by atoms with Gasteiger partial charge in [0.25, 0.3) is 0 Å². The number of rotatable bonds is 7. The molecule has 0 saturated heterocycles. The van der Waals surface area contributed by atoms with Crippen LogP contribution < -0.4 is 15.8 Å². The molecule has 4 nitrogen and oxygen atoms in total. The number of nitrogens with two attached hydrogens (primary N) is 1. The lowest BCUT2D eigenvalue weighted by molar-refractivity contribution is 0.356. The molecule has 0 aliphatic rings. The van der Waals surface area contributed by atoms with E-state index in [0.717, 1.165) is 24.4 Å². The average molecular weight is 265 g/mol. The maximum absolute atomic E-state index is 5.83. The molecule has 0 saturated carbocycles. The highest BCUT2D eigenvalue weighted by atomic mass is 16.5. The Morgan fingerprint density at radius 3 is 2.53 bits per heavy atom. The summed E-state index contributed by atoms with van der Waals surface area (Å²) in [6.07, 6.45) is 1.13. The van der Waals surface area contributed by atoms with Crippen molar-refractivity contribution in [3.63, 3.8) is 0 Å². The maximum atomic E-state index is 5.83. The third kappa shape index (κ3) is 5.39. The van der Waals surface area contributed by atoms with E-state index in [9.17, 15) is 0 Å². The Morgan fingerprint density at radius 2 is 2.00 bits per heavy atom. The predicted molar refractivity (Wildman–Crippen MR) is 82.8 cm³/mol. The summed E-state index contributed by atoms with van der Waals surface area (Å²) < 4.78 is 5.25. The number of ether oxygens (including phenoxy) is 1. The Balaban J connectivity index is 2.77. The second kappa shape index (κ2) is 7.24. The third-order valence-electron chi connectivity index (χ3n) is 2.95. The lowest BCUT2D eigenvalue weighted by Gasteiger charge is -2.25. The van der Waals surface area contributed by atoms with Crippen LogP contribution in [0.4, 0.5) is 11.4 Å². The van der Waals surface area contributed by atoms with Gasteiger partial charge in [-0.05, 0) is 38.6 Å². The van der Waals surface area contributed by atoms with Crippen LogP contribution in [-0.4, -0.2) is 38.7 Å². The highest BCUT2D eigenvalue weighted by Gasteiger charge is 2.12. The first-order valence-corrected chi connectivity index (χ1v) is 6.77. The van der Waals surface area contributed by atoms with Crippen molar-refractivity contribution in [2.45, 2.75) is 26.3 Å². The molecule has 4 heteroatoms. The van der Waals surface area contributed by atoms with Gasteiger partial charge in [0.2, 0.25) is 0 Å². The van der Waals surface area contributed by atoms with Crippen molar-refractivity contribution in [2.24, 2.45) is 5.92 Å². The molecule has 0 aliphatic carbocycles.